The Hall–Kier alpha value is -0.580. The van der Waals surface area contributed by atoms with Gasteiger partial charge in [-0.2, -0.15) is 0 Å². The third-order valence-electron chi connectivity index (χ3n) is 3.29. The van der Waals surface area contributed by atoms with E-state index in [9.17, 15) is 4.79 Å². The topological polar surface area (TPSA) is 55.1 Å². The molecule has 0 atom stereocenters. The zero-order valence-corrected chi connectivity index (χ0v) is 13.6. The van der Waals surface area contributed by atoms with Crippen molar-refractivity contribution in [2.24, 2.45) is 5.73 Å². The van der Waals surface area contributed by atoms with Gasteiger partial charge in [-0.1, -0.05) is 28.1 Å². The largest absolute Gasteiger partial charge is 0.354 e. The molecule has 3 nitrogen and oxygen atoms in total. The number of carbonyl (C=O) groups excluding carboxylic acids is 1. The molecule has 0 unspecified atom stereocenters. The molecule has 0 spiro atoms. The highest BCUT2D eigenvalue weighted by Gasteiger charge is 2.51. The second kappa shape index (κ2) is 5.81. The maximum Gasteiger partial charge on any atom is 0.230 e. The van der Waals surface area contributed by atoms with Gasteiger partial charge in [-0.25, -0.2) is 0 Å². The van der Waals surface area contributed by atoms with E-state index in [4.69, 9.17) is 5.73 Å². The van der Waals surface area contributed by atoms with Gasteiger partial charge in [0.05, 0.1) is 5.41 Å². The lowest BCUT2D eigenvalue weighted by molar-refractivity contribution is -0.123. The monoisotopic (exact) mass is 346 g/mol. The summed E-state index contributed by atoms with van der Waals surface area (Å²) in [5.74, 6) is 0.100. The van der Waals surface area contributed by atoms with Crippen LogP contribution in [0.3, 0.4) is 0 Å². The van der Waals surface area contributed by atoms with Gasteiger partial charge in [0.1, 0.15) is 0 Å². The molecule has 19 heavy (non-hydrogen) atoms. The minimum absolute atomic E-state index is 0. The highest BCUT2D eigenvalue weighted by molar-refractivity contribution is 9.10. The van der Waals surface area contributed by atoms with E-state index in [2.05, 4.69) is 21.2 Å². The Morgan fingerprint density at radius 3 is 2.32 bits per heavy atom. The van der Waals surface area contributed by atoms with Gasteiger partial charge in [-0.15, -0.1) is 12.4 Å². The summed E-state index contributed by atoms with van der Waals surface area (Å²) in [7, 11) is 0. The van der Waals surface area contributed by atoms with E-state index in [1.165, 1.54) is 0 Å². The Labute approximate surface area is 128 Å². The number of hydrogen-bond acceptors (Lipinski definition) is 2. The smallest absolute Gasteiger partial charge is 0.230 e. The number of carbonyl (C=O) groups is 1. The van der Waals surface area contributed by atoms with Gasteiger partial charge in [-0.3, -0.25) is 4.79 Å². The lowest BCUT2D eigenvalue weighted by Crippen LogP contribution is -2.47. The molecule has 1 aromatic rings. The van der Waals surface area contributed by atoms with Gasteiger partial charge in [0.25, 0.3) is 0 Å². The third kappa shape index (κ3) is 3.94. The number of halogens is 2. The van der Waals surface area contributed by atoms with Crippen LogP contribution in [0.25, 0.3) is 0 Å². The summed E-state index contributed by atoms with van der Waals surface area (Å²) in [6.45, 7) is 4.32. The van der Waals surface area contributed by atoms with Crippen LogP contribution in [-0.2, 0) is 10.2 Å². The van der Waals surface area contributed by atoms with Crippen LogP contribution >= 0.6 is 28.3 Å². The minimum atomic E-state index is -0.370. The van der Waals surface area contributed by atoms with Crippen molar-refractivity contribution in [3.05, 3.63) is 34.3 Å². The van der Waals surface area contributed by atoms with Crippen molar-refractivity contribution in [2.45, 2.75) is 37.6 Å². The Bertz CT molecular complexity index is 450. The lowest BCUT2D eigenvalue weighted by atomic mass is 9.94. The van der Waals surface area contributed by atoms with Crippen molar-refractivity contribution in [3.8, 4) is 0 Å². The van der Waals surface area contributed by atoms with Crippen molar-refractivity contribution in [1.82, 2.24) is 5.32 Å². The summed E-state index contributed by atoms with van der Waals surface area (Å²) < 4.78 is 1.03. The molecule has 1 aliphatic rings. The quantitative estimate of drug-likeness (QED) is 0.880. The molecule has 1 saturated carbocycles. The van der Waals surface area contributed by atoms with Gasteiger partial charge in [-0.05, 0) is 44.4 Å². The van der Waals surface area contributed by atoms with Crippen LogP contribution in [0, 0.1) is 0 Å². The summed E-state index contributed by atoms with van der Waals surface area (Å²) in [5.41, 5.74) is 6.30. The SMILES string of the molecule is CC(C)(N)CNC(=O)C1(c2ccc(Br)cc2)CC1.Cl. The van der Waals surface area contributed by atoms with Crippen LogP contribution in [0.1, 0.15) is 32.3 Å². The molecule has 2 rings (SSSR count). The fourth-order valence-corrected chi connectivity index (χ4v) is 2.28. The van der Waals surface area contributed by atoms with E-state index in [1.54, 1.807) is 0 Å². The maximum atomic E-state index is 12.3. The molecule has 0 bridgehead atoms. The summed E-state index contributed by atoms with van der Waals surface area (Å²) in [6, 6.07) is 8.00. The molecule has 1 amide bonds. The van der Waals surface area contributed by atoms with E-state index in [0.29, 0.717) is 6.54 Å². The molecule has 1 aliphatic carbocycles. The number of rotatable bonds is 4. The molecule has 106 valence electrons. The zero-order valence-electron chi connectivity index (χ0n) is 11.2. The van der Waals surface area contributed by atoms with Gasteiger partial charge >= 0.3 is 0 Å². The average molecular weight is 348 g/mol. The van der Waals surface area contributed by atoms with E-state index in [1.807, 2.05) is 38.1 Å². The minimum Gasteiger partial charge on any atom is -0.354 e. The van der Waals surface area contributed by atoms with Crippen molar-refractivity contribution in [1.29, 1.82) is 0 Å². The Morgan fingerprint density at radius 2 is 1.89 bits per heavy atom. The molecular formula is C14H20BrClN2O. The van der Waals surface area contributed by atoms with Crippen molar-refractivity contribution in [3.63, 3.8) is 0 Å². The molecule has 0 aromatic heterocycles. The van der Waals surface area contributed by atoms with Crippen molar-refractivity contribution in [2.75, 3.05) is 6.54 Å². The van der Waals surface area contributed by atoms with Crippen molar-refractivity contribution < 1.29 is 4.79 Å². The summed E-state index contributed by atoms with van der Waals surface area (Å²) in [6.07, 6.45) is 1.84. The molecule has 1 aromatic carbocycles. The second-order valence-electron chi connectivity index (χ2n) is 5.76. The van der Waals surface area contributed by atoms with E-state index < -0.39 is 0 Å². The number of hydrogen-bond donors (Lipinski definition) is 2. The van der Waals surface area contributed by atoms with E-state index in [-0.39, 0.29) is 29.3 Å². The number of nitrogens with one attached hydrogen (secondary N) is 1. The molecule has 0 saturated heterocycles. The zero-order chi connectivity index (χ0) is 13.4. The molecule has 3 N–H and O–H groups in total. The van der Waals surface area contributed by atoms with Crippen LogP contribution in [0.15, 0.2) is 28.7 Å². The van der Waals surface area contributed by atoms with E-state index >= 15 is 0 Å². The molecule has 0 aliphatic heterocycles. The molecular weight excluding hydrogens is 328 g/mol. The Balaban J connectivity index is 0.00000180. The number of nitrogens with two attached hydrogens (primary N) is 1. The first-order chi connectivity index (χ1) is 8.33. The fraction of sp³-hybridized carbons (Fsp3) is 0.500. The summed E-state index contributed by atoms with van der Waals surface area (Å²) in [5, 5.41) is 2.96. The van der Waals surface area contributed by atoms with Gasteiger partial charge in [0, 0.05) is 16.6 Å². The fourth-order valence-electron chi connectivity index (χ4n) is 2.02. The van der Waals surface area contributed by atoms with Gasteiger partial charge in [0.2, 0.25) is 5.91 Å². The first-order valence-corrected chi connectivity index (χ1v) is 6.96. The van der Waals surface area contributed by atoms with Crippen LogP contribution in [0.2, 0.25) is 0 Å². The van der Waals surface area contributed by atoms with Crippen LogP contribution in [0.4, 0.5) is 0 Å². The highest BCUT2D eigenvalue weighted by Crippen LogP contribution is 2.48. The summed E-state index contributed by atoms with van der Waals surface area (Å²) >= 11 is 3.41. The number of benzene rings is 1. The van der Waals surface area contributed by atoms with Crippen molar-refractivity contribution >= 4 is 34.2 Å². The van der Waals surface area contributed by atoms with Crippen LogP contribution in [-0.4, -0.2) is 18.0 Å². The first-order valence-electron chi connectivity index (χ1n) is 6.17. The lowest BCUT2D eigenvalue weighted by Gasteiger charge is -2.22. The Kier molecular flexibility index (Phi) is 5.04. The standard InChI is InChI=1S/C14H19BrN2O.ClH/c1-13(2,16)9-17-12(18)14(7-8-14)10-3-5-11(15)6-4-10;/h3-6H,7-9,16H2,1-2H3,(H,17,18);1H. The third-order valence-corrected chi connectivity index (χ3v) is 3.81. The van der Waals surface area contributed by atoms with Crippen LogP contribution < -0.4 is 11.1 Å². The maximum absolute atomic E-state index is 12.3. The normalized spacial score (nSPS) is 16.4. The van der Waals surface area contributed by atoms with Gasteiger partial charge < -0.3 is 11.1 Å². The highest BCUT2D eigenvalue weighted by atomic mass is 79.9. The first kappa shape index (κ1) is 16.5. The predicted octanol–water partition coefficient (Wildman–Crippen LogP) is 2.76. The molecule has 5 heteroatoms. The summed E-state index contributed by atoms with van der Waals surface area (Å²) in [4.78, 5) is 12.3. The number of amides is 1. The second-order valence-corrected chi connectivity index (χ2v) is 6.68. The Morgan fingerprint density at radius 1 is 1.37 bits per heavy atom. The molecule has 0 heterocycles. The average Bonchev–Trinajstić information content (AvgIpc) is 3.07. The molecule has 0 radical (unpaired) electrons. The predicted molar refractivity (Wildman–Crippen MR) is 83.6 cm³/mol. The van der Waals surface area contributed by atoms with E-state index in [0.717, 1.165) is 22.9 Å². The van der Waals surface area contributed by atoms with Crippen LogP contribution in [0.5, 0.6) is 0 Å². The van der Waals surface area contributed by atoms with Gasteiger partial charge in [0.15, 0.2) is 0 Å². The molecule has 1 fully saturated rings.